The number of nitrogens with one attached hydrogen (secondary N) is 3. The molecule has 0 radical (unpaired) electrons. The quantitative estimate of drug-likeness (QED) is 0.691. The predicted molar refractivity (Wildman–Crippen MR) is 90.0 cm³/mol. The molecule has 1 aliphatic rings. The summed E-state index contributed by atoms with van der Waals surface area (Å²) >= 11 is 0. The molecule has 0 spiro atoms. The van der Waals surface area contributed by atoms with Crippen LogP contribution < -0.4 is 14.8 Å². The predicted octanol–water partition coefficient (Wildman–Crippen LogP) is 0.958. The molecule has 1 amide bonds. The second-order valence-corrected chi connectivity index (χ2v) is 7.64. The van der Waals surface area contributed by atoms with Gasteiger partial charge in [0.1, 0.15) is 0 Å². The zero-order valence-electron chi connectivity index (χ0n) is 13.4. The Kier molecular flexibility index (Phi) is 6.56. The molecule has 1 aromatic carbocycles. The molecule has 1 aliphatic carbocycles. The summed E-state index contributed by atoms with van der Waals surface area (Å²) < 4.78 is 26.9. The van der Waals surface area contributed by atoms with E-state index in [4.69, 9.17) is 0 Å². The lowest BCUT2D eigenvalue weighted by Crippen LogP contribution is -2.48. The first-order chi connectivity index (χ1) is 11.0. The van der Waals surface area contributed by atoms with Gasteiger partial charge in [-0.05, 0) is 30.7 Å². The van der Waals surface area contributed by atoms with E-state index in [0.717, 1.165) is 25.7 Å². The Bertz CT molecular complexity index is 604. The first-order valence-electron chi connectivity index (χ1n) is 8.01. The van der Waals surface area contributed by atoms with Crippen LogP contribution in [0.3, 0.4) is 0 Å². The highest BCUT2D eigenvalue weighted by Gasteiger charge is 2.26. The smallest absolute Gasteiger partial charge is 0.277 e. The van der Waals surface area contributed by atoms with Crippen molar-refractivity contribution < 1.29 is 13.2 Å². The lowest BCUT2D eigenvalue weighted by atomic mass is 9.80. The minimum absolute atomic E-state index is 0.107. The van der Waals surface area contributed by atoms with Gasteiger partial charge in [-0.15, -0.1) is 0 Å². The van der Waals surface area contributed by atoms with Crippen molar-refractivity contribution in [2.45, 2.75) is 38.1 Å². The molecule has 1 aromatic rings. The maximum atomic E-state index is 12.0. The summed E-state index contributed by atoms with van der Waals surface area (Å²) in [6, 6.07) is 10.4. The van der Waals surface area contributed by atoms with E-state index in [2.05, 4.69) is 26.9 Å². The van der Waals surface area contributed by atoms with E-state index in [1.54, 1.807) is 0 Å². The molecule has 0 heterocycles. The van der Waals surface area contributed by atoms with Crippen LogP contribution in [0.25, 0.3) is 0 Å². The average Bonchev–Trinajstić information content (AvgIpc) is 2.56. The second kappa shape index (κ2) is 8.42. The van der Waals surface area contributed by atoms with Gasteiger partial charge in [-0.25, -0.2) is 4.72 Å². The summed E-state index contributed by atoms with van der Waals surface area (Å²) in [6.07, 6.45) is 5.24. The van der Waals surface area contributed by atoms with Gasteiger partial charge < -0.3 is 5.32 Å². The number of amides is 1. The van der Waals surface area contributed by atoms with Gasteiger partial charge >= 0.3 is 0 Å². The van der Waals surface area contributed by atoms with Crippen molar-refractivity contribution in [3.8, 4) is 0 Å². The highest BCUT2D eigenvalue weighted by Crippen LogP contribution is 2.27. The van der Waals surface area contributed by atoms with Gasteiger partial charge in [-0.1, -0.05) is 43.2 Å². The van der Waals surface area contributed by atoms with Crippen molar-refractivity contribution in [2.24, 2.45) is 5.92 Å². The third-order valence-corrected chi connectivity index (χ3v) is 5.35. The summed E-state index contributed by atoms with van der Waals surface area (Å²) in [5.41, 5.74) is 1.27. The average molecular weight is 339 g/mol. The highest BCUT2D eigenvalue weighted by atomic mass is 32.2. The Morgan fingerprint density at radius 3 is 2.57 bits per heavy atom. The molecule has 3 N–H and O–H groups in total. The van der Waals surface area contributed by atoms with Crippen LogP contribution in [-0.4, -0.2) is 34.0 Å². The molecule has 0 bridgehead atoms. The van der Waals surface area contributed by atoms with E-state index in [1.165, 1.54) is 19.0 Å². The summed E-state index contributed by atoms with van der Waals surface area (Å²) in [4.78, 5) is 12.0. The minimum Gasteiger partial charge on any atom is -0.352 e. The fourth-order valence-corrected chi connectivity index (χ4v) is 3.51. The van der Waals surface area contributed by atoms with Gasteiger partial charge in [0.05, 0.1) is 6.54 Å². The Hall–Kier alpha value is -1.44. The molecule has 0 aromatic heterocycles. The maximum absolute atomic E-state index is 12.0. The Morgan fingerprint density at radius 2 is 1.87 bits per heavy atom. The molecule has 128 valence electrons. The molecule has 0 aliphatic heterocycles. The molecule has 2 unspecified atom stereocenters. The molecule has 1 saturated carbocycles. The highest BCUT2D eigenvalue weighted by molar-refractivity contribution is 7.87. The minimum atomic E-state index is -3.58. The Morgan fingerprint density at radius 1 is 1.17 bits per heavy atom. The SMILES string of the molecule is CNS(=O)(=O)NCC(=O)NC1CCCCC1Cc1ccccc1. The zero-order chi connectivity index (χ0) is 16.7. The summed E-state index contributed by atoms with van der Waals surface area (Å²) in [5.74, 6) is 0.116. The molecule has 7 heteroatoms. The van der Waals surface area contributed by atoms with Crippen LogP contribution in [0.5, 0.6) is 0 Å². The zero-order valence-corrected chi connectivity index (χ0v) is 14.2. The lowest BCUT2D eigenvalue weighted by molar-refractivity contribution is -0.121. The van der Waals surface area contributed by atoms with Crippen molar-refractivity contribution in [3.05, 3.63) is 35.9 Å². The van der Waals surface area contributed by atoms with Crippen LogP contribution in [0.4, 0.5) is 0 Å². The third kappa shape index (κ3) is 5.93. The monoisotopic (exact) mass is 339 g/mol. The van der Waals surface area contributed by atoms with Crippen molar-refractivity contribution in [1.82, 2.24) is 14.8 Å². The van der Waals surface area contributed by atoms with Crippen LogP contribution in [0.2, 0.25) is 0 Å². The topological polar surface area (TPSA) is 87.3 Å². The number of carbonyl (C=O) groups is 1. The van der Waals surface area contributed by atoms with Crippen LogP contribution in [0.15, 0.2) is 30.3 Å². The summed E-state index contributed by atoms with van der Waals surface area (Å²) in [5, 5.41) is 2.99. The van der Waals surface area contributed by atoms with Crippen LogP contribution in [0.1, 0.15) is 31.2 Å². The normalized spacial score (nSPS) is 21.8. The molecular weight excluding hydrogens is 314 g/mol. The largest absolute Gasteiger partial charge is 0.352 e. The van der Waals surface area contributed by atoms with Gasteiger partial charge in [0.2, 0.25) is 5.91 Å². The van der Waals surface area contributed by atoms with E-state index in [-0.39, 0.29) is 18.5 Å². The van der Waals surface area contributed by atoms with Crippen LogP contribution in [0, 0.1) is 5.92 Å². The van der Waals surface area contributed by atoms with Crippen LogP contribution >= 0.6 is 0 Å². The van der Waals surface area contributed by atoms with Crippen molar-refractivity contribution in [1.29, 1.82) is 0 Å². The van der Waals surface area contributed by atoms with Gasteiger partial charge in [0, 0.05) is 13.1 Å². The van der Waals surface area contributed by atoms with E-state index in [0.29, 0.717) is 5.92 Å². The van der Waals surface area contributed by atoms with Crippen molar-refractivity contribution in [3.63, 3.8) is 0 Å². The van der Waals surface area contributed by atoms with Crippen molar-refractivity contribution >= 4 is 16.1 Å². The van der Waals surface area contributed by atoms with E-state index >= 15 is 0 Å². The second-order valence-electron chi connectivity index (χ2n) is 5.94. The molecule has 6 nitrogen and oxygen atoms in total. The maximum Gasteiger partial charge on any atom is 0.277 e. The molecule has 1 fully saturated rings. The summed E-state index contributed by atoms with van der Waals surface area (Å²) in [6.45, 7) is -0.238. The van der Waals surface area contributed by atoms with E-state index in [9.17, 15) is 13.2 Å². The van der Waals surface area contributed by atoms with Gasteiger partial charge in [0.25, 0.3) is 10.2 Å². The molecular formula is C16H25N3O3S. The number of carbonyl (C=O) groups excluding carboxylic acids is 1. The Balaban J connectivity index is 1.89. The van der Waals surface area contributed by atoms with Crippen LogP contribution in [-0.2, 0) is 21.4 Å². The molecule has 2 rings (SSSR count). The number of hydrogen-bond donors (Lipinski definition) is 3. The standard InChI is InChI=1S/C16H25N3O3S/c1-17-23(21,22)18-12-16(20)19-15-10-6-5-9-14(15)11-13-7-3-2-4-8-13/h2-4,7-8,14-15,17-18H,5-6,9-12H2,1H3,(H,19,20). The number of hydrogen-bond acceptors (Lipinski definition) is 3. The lowest BCUT2D eigenvalue weighted by Gasteiger charge is -2.32. The van der Waals surface area contributed by atoms with Gasteiger partial charge in [-0.2, -0.15) is 13.1 Å². The fourth-order valence-electron chi connectivity index (χ4n) is 3.05. The van der Waals surface area contributed by atoms with Crippen molar-refractivity contribution in [2.75, 3.05) is 13.6 Å². The molecule has 23 heavy (non-hydrogen) atoms. The number of benzene rings is 1. The van der Waals surface area contributed by atoms with Gasteiger partial charge in [0.15, 0.2) is 0 Å². The van der Waals surface area contributed by atoms with E-state index < -0.39 is 10.2 Å². The first kappa shape index (κ1) is 17.9. The Labute approximate surface area is 138 Å². The summed E-state index contributed by atoms with van der Waals surface area (Å²) in [7, 11) is -2.28. The third-order valence-electron chi connectivity index (χ3n) is 4.29. The first-order valence-corrected chi connectivity index (χ1v) is 9.50. The molecule has 0 saturated heterocycles. The number of rotatable bonds is 7. The van der Waals surface area contributed by atoms with E-state index in [1.807, 2.05) is 18.2 Å². The van der Waals surface area contributed by atoms with Gasteiger partial charge in [-0.3, -0.25) is 4.79 Å². The molecule has 2 atom stereocenters. The fraction of sp³-hybridized carbons (Fsp3) is 0.562.